The maximum atomic E-state index is 11.4. The van der Waals surface area contributed by atoms with E-state index in [1.165, 1.54) is 7.11 Å². The number of hydrogen-bond acceptors (Lipinski definition) is 3. The first-order chi connectivity index (χ1) is 9.22. The molecule has 0 aliphatic heterocycles. The molecule has 0 spiro atoms. The summed E-state index contributed by atoms with van der Waals surface area (Å²) in [7, 11) is 3.02. The predicted molar refractivity (Wildman–Crippen MR) is 70.1 cm³/mol. The van der Waals surface area contributed by atoms with Gasteiger partial charge < -0.3 is 26.5 Å². The van der Waals surface area contributed by atoms with Gasteiger partial charge in [-0.2, -0.15) is 4.57 Å². The molecule has 0 unspecified atom stereocenters. The second kappa shape index (κ2) is 7.65. The Morgan fingerprint density at radius 1 is 1.15 bits per heavy atom. The summed E-state index contributed by atoms with van der Waals surface area (Å²) in [5, 5.41) is 0. The molecule has 106 valence electrons. The van der Waals surface area contributed by atoms with Gasteiger partial charge in [0.1, 0.15) is 11.3 Å². The van der Waals surface area contributed by atoms with Gasteiger partial charge in [-0.3, -0.25) is 0 Å². The maximum Gasteiger partial charge on any atom is 0.343 e. The molecule has 1 aromatic carbocycles. The fourth-order valence-corrected chi connectivity index (χ4v) is 1.80. The van der Waals surface area contributed by atoms with Crippen LogP contribution in [0.2, 0.25) is 0 Å². The van der Waals surface area contributed by atoms with Crippen molar-refractivity contribution in [3.05, 3.63) is 59.9 Å². The third-order valence-electron chi connectivity index (χ3n) is 2.80. The van der Waals surface area contributed by atoms with Gasteiger partial charge in [0, 0.05) is 11.6 Å². The highest BCUT2D eigenvalue weighted by Gasteiger charge is 2.10. The van der Waals surface area contributed by atoms with E-state index in [0.717, 1.165) is 11.3 Å². The highest BCUT2D eigenvalue weighted by atomic mass is 79.9. The number of pyridine rings is 1. The number of esters is 1. The van der Waals surface area contributed by atoms with E-state index in [1.807, 2.05) is 41.1 Å². The van der Waals surface area contributed by atoms with Crippen molar-refractivity contribution in [2.24, 2.45) is 0 Å². The third-order valence-corrected chi connectivity index (χ3v) is 2.80. The van der Waals surface area contributed by atoms with Crippen LogP contribution in [-0.2, 0) is 11.3 Å². The second-order valence-corrected chi connectivity index (χ2v) is 4.10. The van der Waals surface area contributed by atoms with Crippen LogP contribution in [0.1, 0.15) is 15.9 Å². The van der Waals surface area contributed by atoms with Crippen LogP contribution in [0.4, 0.5) is 0 Å². The largest absolute Gasteiger partial charge is 1.00 e. The molecule has 0 saturated heterocycles. The molecule has 1 heterocycles. The Bertz CT molecular complexity index is 570. The van der Waals surface area contributed by atoms with Gasteiger partial charge in [-0.15, -0.1) is 0 Å². The first kappa shape index (κ1) is 16.2. The second-order valence-electron chi connectivity index (χ2n) is 4.10. The number of benzene rings is 1. The Balaban J connectivity index is 0.00000200. The van der Waals surface area contributed by atoms with Gasteiger partial charge in [-0.05, 0) is 30.3 Å². The minimum atomic E-state index is -0.330. The highest BCUT2D eigenvalue weighted by Crippen LogP contribution is 2.11. The summed E-state index contributed by atoms with van der Waals surface area (Å²) < 4.78 is 11.8. The minimum Gasteiger partial charge on any atom is -1.00 e. The molecule has 0 atom stereocenters. The lowest BCUT2D eigenvalue weighted by Gasteiger charge is -2.02. The summed E-state index contributed by atoms with van der Waals surface area (Å²) in [5.41, 5.74) is 1.67. The number of nitrogens with zero attached hydrogens (tertiary/aromatic N) is 1. The molecule has 20 heavy (non-hydrogen) atoms. The molecular formula is C15H16BrNO3. The molecule has 0 bridgehead atoms. The number of carbonyl (C=O) groups is 1. The summed E-state index contributed by atoms with van der Waals surface area (Å²) >= 11 is 0. The van der Waals surface area contributed by atoms with Crippen LogP contribution in [0.25, 0.3) is 0 Å². The minimum absolute atomic E-state index is 0. The van der Waals surface area contributed by atoms with E-state index in [-0.39, 0.29) is 23.0 Å². The zero-order valence-electron chi connectivity index (χ0n) is 11.4. The van der Waals surface area contributed by atoms with E-state index in [4.69, 9.17) is 9.47 Å². The monoisotopic (exact) mass is 337 g/mol. The van der Waals surface area contributed by atoms with Crippen molar-refractivity contribution in [1.82, 2.24) is 0 Å². The number of carbonyl (C=O) groups excluding carboxylic acids is 1. The lowest BCUT2D eigenvalue weighted by Crippen LogP contribution is -3.00. The topological polar surface area (TPSA) is 39.4 Å². The number of ether oxygens (including phenoxy) is 2. The summed E-state index contributed by atoms with van der Waals surface area (Å²) in [5.74, 6) is 0.501. The molecule has 0 fully saturated rings. The molecule has 0 saturated carbocycles. The molecule has 1 aromatic heterocycles. The Labute approximate surface area is 128 Å². The van der Waals surface area contributed by atoms with Gasteiger partial charge in [0.2, 0.25) is 0 Å². The van der Waals surface area contributed by atoms with E-state index in [9.17, 15) is 4.79 Å². The fraction of sp³-hybridized carbons (Fsp3) is 0.200. The standard InChI is InChI=1S/C15H16NO3.BrH/c1-18-14-7-5-12(6-8-14)10-16-9-3-4-13(11-16)15(17)19-2;/h3-9,11H,10H2,1-2H3;1H/q+1;/p-1. The summed E-state index contributed by atoms with van der Waals surface area (Å²) in [6.07, 6.45) is 3.69. The summed E-state index contributed by atoms with van der Waals surface area (Å²) in [4.78, 5) is 11.4. The van der Waals surface area contributed by atoms with Crippen LogP contribution in [0.15, 0.2) is 48.8 Å². The Morgan fingerprint density at radius 2 is 1.85 bits per heavy atom. The molecule has 0 aliphatic rings. The summed E-state index contributed by atoms with van der Waals surface area (Å²) in [6.45, 7) is 0.689. The number of halogens is 1. The SMILES string of the molecule is COC(=O)c1ccc[n+](Cc2ccc(OC)cc2)c1.[Br-]. The van der Waals surface area contributed by atoms with Crippen molar-refractivity contribution in [2.45, 2.75) is 6.54 Å². The van der Waals surface area contributed by atoms with Crippen LogP contribution in [0.3, 0.4) is 0 Å². The first-order valence-electron chi connectivity index (χ1n) is 5.93. The molecule has 5 heteroatoms. The Hall–Kier alpha value is -1.88. The van der Waals surface area contributed by atoms with E-state index in [1.54, 1.807) is 19.4 Å². The average molecular weight is 338 g/mol. The maximum absolute atomic E-state index is 11.4. The number of rotatable bonds is 4. The molecule has 2 rings (SSSR count). The molecule has 2 aromatic rings. The van der Waals surface area contributed by atoms with Crippen LogP contribution in [-0.4, -0.2) is 20.2 Å². The zero-order chi connectivity index (χ0) is 13.7. The number of methoxy groups -OCH3 is 2. The van der Waals surface area contributed by atoms with Crippen LogP contribution < -0.4 is 26.3 Å². The van der Waals surface area contributed by atoms with Crippen molar-refractivity contribution >= 4 is 5.97 Å². The fourth-order valence-electron chi connectivity index (χ4n) is 1.80. The first-order valence-corrected chi connectivity index (χ1v) is 5.93. The number of hydrogen-bond donors (Lipinski definition) is 0. The summed E-state index contributed by atoms with van der Waals surface area (Å²) in [6, 6.07) is 11.4. The smallest absolute Gasteiger partial charge is 0.343 e. The number of aromatic nitrogens is 1. The van der Waals surface area contributed by atoms with Gasteiger partial charge in [0.05, 0.1) is 14.2 Å². The lowest BCUT2D eigenvalue weighted by atomic mass is 10.2. The van der Waals surface area contributed by atoms with Crippen molar-refractivity contribution in [3.63, 3.8) is 0 Å². The zero-order valence-corrected chi connectivity index (χ0v) is 13.0. The lowest BCUT2D eigenvalue weighted by molar-refractivity contribution is -0.688. The van der Waals surface area contributed by atoms with Gasteiger partial charge >= 0.3 is 5.97 Å². The highest BCUT2D eigenvalue weighted by molar-refractivity contribution is 5.88. The van der Waals surface area contributed by atoms with E-state index >= 15 is 0 Å². The normalized spacial score (nSPS) is 9.50. The van der Waals surface area contributed by atoms with E-state index in [2.05, 4.69) is 0 Å². The Morgan fingerprint density at radius 3 is 2.45 bits per heavy atom. The van der Waals surface area contributed by atoms with Crippen molar-refractivity contribution in [2.75, 3.05) is 14.2 Å². The van der Waals surface area contributed by atoms with E-state index in [0.29, 0.717) is 12.1 Å². The van der Waals surface area contributed by atoms with Gasteiger partial charge in [0.15, 0.2) is 18.9 Å². The molecular weight excluding hydrogens is 322 g/mol. The molecule has 4 nitrogen and oxygen atoms in total. The van der Waals surface area contributed by atoms with Crippen LogP contribution in [0, 0.1) is 0 Å². The van der Waals surface area contributed by atoms with Crippen LogP contribution >= 0.6 is 0 Å². The van der Waals surface area contributed by atoms with Gasteiger partial charge in [-0.1, -0.05) is 0 Å². The van der Waals surface area contributed by atoms with Crippen molar-refractivity contribution in [1.29, 1.82) is 0 Å². The Kier molecular flexibility index (Phi) is 6.18. The van der Waals surface area contributed by atoms with Crippen LogP contribution in [0.5, 0.6) is 5.75 Å². The molecule has 0 aliphatic carbocycles. The van der Waals surface area contributed by atoms with E-state index < -0.39 is 0 Å². The quantitative estimate of drug-likeness (QED) is 0.521. The van der Waals surface area contributed by atoms with Gasteiger partial charge in [0.25, 0.3) is 0 Å². The molecule has 0 N–H and O–H groups in total. The van der Waals surface area contributed by atoms with Crippen molar-refractivity contribution in [3.8, 4) is 5.75 Å². The van der Waals surface area contributed by atoms with Crippen molar-refractivity contribution < 1.29 is 35.8 Å². The van der Waals surface area contributed by atoms with Gasteiger partial charge in [-0.25, -0.2) is 4.79 Å². The molecule has 0 amide bonds. The molecule has 0 radical (unpaired) electrons. The predicted octanol–water partition coefficient (Wildman–Crippen LogP) is -1.18. The average Bonchev–Trinajstić information content (AvgIpc) is 2.47. The third kappa shape index (κ3) is 4.06.